The quantitative estimate of drug-likeness (QED) is 0.630. The van der Waals surface area contributed by atoms with Crippen molar-refractivity contribution in [1.82, 2.24) is 4.57 Å². The highest BCUT2D eigenvalue weighted by Gasteiger charge is 2.08. The second-order valence-corrected chi connectivity index (χ2v) is 2.19. The molecule has 1 rings (SSSR count). The molecule has 0 amide bonds. The van der Waals surface area contributed by atoms with E-state index in [2.05, 4.69) is 0 Å². The van der Waals surface area contributed by atoms with Gasteiger partial charge in [-0.1, -0.05) is 0 Å². The molecule has 0 aliphatic carbocycles. The summed E-state index contributed by atoms with van der Waals surface area (Å²) in [6, 6.07) is 1.33. The van der Waals surface area contributed by atoms with E-state index in [0.29, 0.717) is 11.8 Å². The lowest BCUT2D eigenvalue weighted by molar-refractivity contribution is 0.0686. The first-order valence-electron chi connectivity index (χ1n) is 3.00. The van der Waals surface area contributed by atoms with Crippen LogP contribution in [-0.2, 0) is 7.05 Å². The maximum absolute atomic E-state index is 10.4. The highest BCUT2D eigenvalue weighted by molar-refractivity contribution is 5.89. The Bertz CT molecular complexity index is 301. The van der Waals surface area contributed by atoms with Crippen LogP contribution in [0.15, 0.2) is 12.3 Å². The molecule has 0 atom stereocenters. The zero-order valence-electron chi connectivity index (χ0n) is 5.94. The molecule has 4 heteroatoms. The molecule has 11 heavy (non-hydrogen) atoms. The van der Waals surface area contributed by atoms with Gasteiger partial charge >= 0.3 is 5.97 Å². The Morgan fingerprint density at radius 3 is 2.64 bits per heavy atom. The predicted molar refractivity (Wildman–Crippen MR) is 37.8 cm³/mol. The van der Waals surface area contributed by atoms with Gasteiger partial charge in [-0.15, -0.1) is 0 Å². The van der Waals surface area contributed by atoms with E-state index in [1.807, 2.05) is 0 Å². The number of hydrogen-bond donors (Lipinski definition) is 1. The third-order valence-corrected chi connectivity index (χ3v) is 1.38. The summed E-state index contributed by atoms with van der Waals surface area (Å²) in [5.41, 5.74) is 0.497. The van der Waals surface area contributed by atoms with E-state index in [-0.39, 0.29) is 5.69 Å². The number of aryl methyl sites for hydroxylation is 1. The molecule has 1 aromatic rings. The largest absolute Gasteiger partial charge is 0.477 e. The fraction of sp³-hybridized carbons (Fsp3) is 0.143. The lowest BCUT2D eigenvalue weighted by atomic mass is 10.3. The Morgan fingerprint density at radius 1 is 1.73 bits per heavy atom. The summed E-state index contributed by atoms with van der Waals surface area (Å²) < 4.78 is 1.39. The number of carbonyl (C=O) groups excluding carboxylic acids is 1. The van der Waals surface area contributed by atoms with E-state index in [1.54, 1.807) is 7.05 Å². The molecule has 0 aliphatic heterocycles. The smallest absolute Gasteiger partial charge is 0.352 e. The first kappa shape index (κ1) is 7.53. The van der Waals surface area contributed by atoms with Gasteiger partial charge < -0.3 is 9.67 Å². The molecular weight excluding hydrogens is 146 g/mol. The van der Waals surface area contributed by atoms with Crippen LogP contribution in [0.5, 0.6) is 0 Å². The van der Waals surface area contributed by atoms with Crippen LogP contribution in [0, 0.1) is 0 Å². The molecule has 58 valence electrons. The average Bonchev–Trinajstić information content (AvgIpc) is 2.30. The first-order valence-corrected chi connectivity index (χ1v) is 3.00. The van der Waals surface area contributed by atoms with Crippen molar-refractivity contribution in [2.75, 3.05) is 0 Å². The van der Waals surface area contributed by atoms with Crippen LogP contribution in [0.2, 0.25) is 0 Å². The molecule has 0 saturated carbocycles. The normalized spacial score (nSPS) is 9.55. The Labute approximate surface area is 63.1 Å². The van der Waals surface area contributed by atoms with Crippen LogP contribution >= 0.6 is 0 Å². The van der Waals surface area contributed by atoms with Gasteiger partial charge in [0.25, 0.3) is 0 Å². The van der Waals surface area contributed by atoms with Crippen molar-refractivity contribution in [2.45, 2.75) is 0 Å². The Morgan fingerprint density at radius 2 is 2.36 bits per heavy atom. The van der Waals surface area contributed by atoms with Crippen LogP contribution in [0.1, 0.15) is 20.8 Å². The second-order valence-electron chi connectivity index (χ2n) is 2.19. The summed E-state index contributed by atoms with van der Waals surface area (Å²) in [6.45, 7) is 0. The Hall–Kier alpha value is -1.58. The van der Waals surface area contributed by atoms with Crippen molar-refractivity contribution in [3.63, 3.8) is 0 Å². The first-order chi connectivity index (χ1) is 5.15. The van der Waals surface area contributed by atoms with Gasteiger partial charge in [-0.2, -0.15) is 0 Å². The minimum Gasteiger partial charge on any atom is -0.477 e. The van der Waals surface area contributed by atoms with Crippen molar-refractivity contribution < 1.29 is 14.7 Å². The number of rotatable bonds is 2. The van der Waals surface area contributed by atoms with Crippen LogP contribution in [0.4, 0.5) is 0 Å². The van der Waals surface area contributed by atoms with Crippen LogP contribution in [-0.4, -0.2) is 21.9 Å². The summed E-state index contributed by atoms with van der Waals surface area (Å²) in [5.74, 6) is -1.03. The van der Waals surface area contributed by atoms with Crippen molar-refractivity contribution in [2.24, 2.45) is 7.05 Å². The van der Waals surface area contributed by atoms with Crippen LogP contribution in [0.3, 0.4) is 0 Å². The topological polar surface area (TPSA) is 59.3 Å². The molecule has 0 radical (unpaired) electrons. The van der Waals surface area contributed by atoms with Gasteiger partial charge in [0.15, 0.2) is 6.29 Å². The number of aromatic nitrogens is 1. The molecule has 0 fully saturated rings. The number of hydrogen-bond acceptors (Lipinski definition) is 2. The molecule has 0 bridgehead atoms. The molecule has 0 saturated heterocycles. The van der Waals surface area contributed by atoms with E-state index in [1.165, 1.54) is 16.8 Å². The van der Waals surface area contributed by atoms with Gasteiger partial charge in [0.2, 0.25) is 0 Å². The van der Waals surface area contributed by atoms with Crippen molar-refractivity contribution in [3.8, 4) is 0 Å². The van der Waals surface area contributed by atoms with E-state index < -0.39 is 5.97 Å². The second kappa shape index (κ2) is 2.57. The molecule has 4 nitrogen and oxygen atoms in total. The van der Waals surface area contributed by atoms with E-state index in [9.17, 15) is 9.59 Å². The van der Waals surface area contributed by atoms with Gasteiger partial charge in [0.1, 0.15) is 5.69 Å². The van der Waals surface area contributed by atoms with Crippen LogP contribution < -0.4 is 0 Å². The van der Waals surface area contributed by atoms with Crippen molar-refractivity contribution >= 4 is 12.3 Å². The van der Waals surface area contributed by atoms with Crippen LogP contribution in [0.25, 0.3) is 0 Å². The van der Waals surface area contributed by atoms with Crippen molar-refractivity contribution in [3.05, 3.63) is 23.5 Å². The maximum atomic E-state index is 10.4. The van der Waals surface area contributed by atoms with Gasteiger partial charge in [-0.3, -0.25) is 4.79 Å². The van der Waals surface area contributed by atoms with Gasteiger partial charge in [-0.05, 0) is 6.07 Å². The summed E-state index contributed by atoms with van der Waals surface area (Å²) in [4.78, 5) is 20.6. The third-order valence-electron chi connectivity index (χ3n) is 1.38. The van der Waals surface area contributed by atoms with E-state index in [4.69, 9.17) is 5.11 Å². The lowest BCUT2D eigenvalue weighted by Gasteiger charge is -1.92. The molecule has 0 aromatic carbocycles. The van der Waals surface area contributed by atoms with Crippen molar-refractivity contribution in [1.29, 1.82) is 0 Å². The van der Waals surface area contributed by atoms with E-state index in [0.717, 1.165) is 0 Å². The van der Waals surface area contributed by atoms with E-state index >= 15 is 0 Å². The number of nitrogens with zero attached hydrogens (tertiary/aromatic N) is 1. The standard InChI is InChI=1S/C7H7NO3/c1-8-3-5(4-9)2-6(8)7(10)11/h2-4H,1H3,(H,10,11). The number of carboxylic acids is 1. The fourth-order valence-corrected chi connectivity index (χ4v) is 0.867. The highest BCUT2D eigenvalue weighted by atomic mass is 16.4. The number of aromatic carboxylic acids is 1. The van der Waals surface area contributed by atoms with Gasteiger partial charge in [0, 0.05) is 18.8 Å². The summed E-state index contributed by atoms with van der Waals surface area (Å²) in [7, 11) is 1.58. The Kier molecular flexibility index (Phi) is 1.76. The van der Waals surface area contributed by atoms with Gasteiger partial charge in [0.05, 0.1) is 0 Å². The SMILES string of the molecule is Cn1cc(C=O)cc1C(=O)O. The molecule has 1 N–H and O–H groups in total. The summed E-state index contributed by atoms with van der Waals surface area (Å²) >= 11 is 0. The molecule has 1 aromatic heterocycles. The number of aldehydes is 1. The molecule has 0 aliphatic rings. The summed E-state index contributed by atoms with van der Waals surface area (Å²) in [6.07, 6.45) is 2.09. The minimum atomic E-state index is -1.03. The number of carbonyl (C=O) groups is 2. The zero-order chi connectivity index (χ0) is 8.43. The lowest BCUT2D eigenvalue weighted by Crippen LogP contribution is -2.02. The van der Waals surface area contributed by atoms with Gasteiger partial charge in [-0.25, -0.2) is 4.79 Å². The molecule has 0 unspecified atom stereocenters. The summed E-state index contributed by atoms with van der Waals surface area (Å²) in [5, 5.41) is 8.54. The molecular formula is C7H7NO3. The highest BCUT2D eigenvalue weighted by Crippen LogP contribution is 2.04. The third kappa shape index (κ3) is 1.29. The molecule has 1 heterocycles. The average molecular weight is 153 g/mol. The monoisotopic (exact) mass is 153 g/mol. The minimum absolute atomic E-state index is 0.118. The zero-order valence-corrected chi connectivity index (χ0v) is 5.94. The Balaban J connectivity index is 3.16. The fourth-order valence-electron chi connectivity index (χ4n) is 0.867. The molecule has 0 spiro atoms. The number of carboxylic acid groups (broad SMARTS) is 1. The predicted octanol–water partition coefficient (Wildman–Crippen LogP) is 0.536. The maximum Gasteiger partial charge on any atom is 0.352 e.